The molecule has 3 aromatic rings. The predicted molar refractivity (Wildman–Crippen MR) is 116 cm³/mol. The summed E-state index contributed by atoms with van der Waals surface area (Å²) in [6, 6.07) is 15.8. The molecule has 0 saturated carbocycles. The maximum atomic E-state index is 13.4. The van der Waals surface area contributed by atoms with E-state index in [0.717, 1.165) is 37.1 Å². The summed E-state index contributed by atoms with van der Waals surface area (Å²) in [4.78, 5) is 15.3. The van der Waals surface area contributed by atoms with E-state index < -0.39 is 0 Å². The van der Waals surface area contributed by atoms with Crippen LogP contribution in [0.5, 0.6) is 11.5 Å². The highest BCUT2D eigenvalue weighted by atomic mass is 16.5. The quantitative estimate of drug-likeness (QED) is 0.615. The maximum Gasteiger partial charge on any atom is 0.257 e. The Labute approximate surface area is 177 Å². The number of carbonyl (C=O) groups excluding carboxylic acids is 1. The summed E-state index contributed by atoms with van der Waals surface area (Å²) >= 11 is 0. The standard InChI is InChI=1S/C24H27N3O3/c1-29-21-12-11-19(15-22(21)30-2)23-20(24(28)26-13-7-4-8-14-26)17-27(25-23)16-18-9-5-3-6-10-18/h3,5-6,9-12,15,17H,4,7-8,13-14,16H2,1-2H3. The Morgan fingerprint density at radius 1 is 0.967 bits per heavy atom. The largest absolute Gasteiger partial charge is 0.493 e. The van der Waals surface area contributed by atoms with Crippen LogP contribution in [-0.4, -0.2) is 47.9 Å². The van der Waals surface area contributed by atoms with E-state index >= 15 is 0 Å². The van der Waals surface area contributed by atoms with Gasteiger partial charge in [0.15, 0.2) is 11.5 Å². The van der Waals surface area contributed by atoms with Gasteiger partial charge in [0.2, 0.25) is 0 Å². The van der Waals surface area contributed by atoms with E-state index in [1.54, 1.807) is 14.2 Å². The lowest BCUT2D eigenvalue weighted by Gasteiger charge is -2.26. The highest BCUT2D eigenvalue weighted by Gasteiger charge is 2.25. The molecule has 0 atom stereocenters. The second-order valence-electron chi connectivity index (χ2n) is 7.50. The molecule has 1 saturated heterocycles. The fourth-order valence-electron chi connectivity index (χ4n) is 3.89. The first-order chi connectivity index (χ1) is 14.7. The Morgan fingerprint density at radius 3 is 2.40 bits per heavy atom. The smallest absolute Gasteiger partial charge is 0.257 e. The van der Waals surface area contributed by atoms with Gasteiger partial charge in [-0.15, -0.1) is 0 Å². The Balaban J connectivity index is 1.74. The molecule has 156 valence electrons. The van der Waals surface area contributed by atoms with E-state index in [9.17, 15) is 4.79 Å². The zero-order chi connectivity index (χ0) is 20.9. The molecule has 2 aromatic carbocycles. The molecule has 0 bridgehead atoms. The molecule has 1 aliphatic rings. The van der Waals surface area contributed by atoms with Gasteiger partial charge in [0.1, 0.15) is 5.69 Å². The first kappa shape index (κ1) is 20.0. The van der Waals surface area contributed by atoms with Gasteiger partial charge in [-0.05, 0) is 43.0 Å². The van der Waals surface area contributed by atoms with Crippen LogP contribution >= 0.6 is 0 Å². The number of hydrogen-bond acceptors (Lipinski definition) is 4. The van der Waals surface area contributed by atoms with Gasteiger partial charge in [-0.2, -0.15) is 5.10 Å². The number of ether oxygens (including phenoxy) is 2. The van der Waals surface area contributed by atoms with Crippen molar-refractivity contribution in [2.75, 3.05) is 27.3 Å². The highest BCUT2D eigenvalue weighted by molar-refractivity contribution is 6.00. The third-order valence-electron chi connectivity index (χ3n) is 5.48. The average molecular weight is 405 g/mol. The second-order valence-corrected chi connectivity index (χ2v) is 7.50. The molecule has 30 heavy (non-hydrogen) atoms. The topological polar surface area (TPSA) is 56.6 Å². The van der Waals surface area contributed by atoms with Crippen molar-refractivity contribution in [2.45, 2.75) is 25.8 Å². The summed E-state index contributed by atoms with van der Waals surface area (Å²) in [6.45, 7) is 2.20. The third kappa shape index (κ3) is 4.17. The number of rotatable bonds is 6. The molecular weight excluding hydrogens is 378 g/mol. The summed E-state index contributed by atoms with van der Waals surface area (Å²) in [7, 11) is 3.22. The van der Waals surface area contributed by atoms with Gasteiger partial charge >= 0.3 is 0 Å². The van der Waals surface area contributed by atoms with Crippen molar-refractivity contribution in [3.63, 3.8) is 0 Å². The first-order valence-corrected chi connectivity index (χ1v) is 10.3. The van der Waals surface area contributed by atoms with Gasteiger partial charge in [0.05, 0.1) is 26.3 Å². The van der Waals surface area contributed by atoms with E-state index in [2.05, 4.69) is 12.1 Å². The zero-order valence-corrected chi connectivity index (χ0v) is 17.5. The molecule has 1 aromatic heterocycles. The molecule has 0 radical (unpaired) electrons. The summed E-state index contributed by atoms with van der Waals surface area (Å²) in [6.07, 6.45) is 5.15. The fourth-order valence-corrected chi connectivity index (χ4v) is 3.89. The molecule has 1 fully saturated rings. The lowest BCUT2D eigenvalue weighted by Crippen LogP contribution is -2.35. The van der Waals surface area contributed by atoms with Crippen molar-refractivity contribution < 1.29 is 14.3 Å². The van der Waals surface area contributed by atoms with Crippen LogP contribution in [-0.2, 0) is 6.54 Å². The lowest BCUT2D eigenvalue weighted by atomic mass is 10.0. The molecule has 0 spiro atoms. The fraction of sp³-hybridized carbons (Fsp3) is 0.333. The SMILES string of the molecule is COc1ccc(-c2nn(Cc3ccccc3)cc2C(=O)N2CCCCC2)cc1OC. The Bertz CT molecular complexity index is 1010. The minimum absolute atomic E-state index is 0.0406. The van der Waals surface area contributed by atoms with Crippen LogP contribution in [0.3, 0.4) is 0 Å². The van der Waals surface area contributed by atoms with Crippen LogP contribution in [0.4, 0.5) is 0 Å². The molecule has 6 heteroatoms. The van der Waals surface area contributed by atoms with E-state index in [-0.39, 0.29) is 5.91 Å². The van der Waals surface area contributed by atoms with Crippen LogP contribution in [0.15, 0.2) is 54.7 Å². The molecule has 0 unspecified atom stereocenters. The number of likely N-dealkylation sites (tertiary alicyclic amines) is 1. The van der Waals surface area contributed by atoms with Gasteiger partial charge in [-0.3, -0.25) is 9.48 Å². The van der Waals surface area contributed by atoms with Crippen LogP contribution in [0.2, 0.25) is 0 Å². The second kappa shape index (κ2) is 9.03. The normalized spacial score (nSPS) is 13.9. The summed E-state index contributed by atoms with van der Waals surface area (Å²) in [5.74, 6) is 1.30. The van der Waals surface area contributed by atoms with E-state index in [1.807, 2.05) is 52.2 Å². The van der Waals surface area contributed by atoms with Crippen LogP contribution in [0, 0.1) is 0 Å². The van der Waals surface area contributed by atoms with Crippen molar-refractivity contribution >= 4 is 5.91 Å². The highest BCUT2D eigenvalue weighted by Crippen LogP contribution is 2.33. The van der Waals surface area contributed by atoms with Crippen molar-refractivity contribution in [1.82, 2.24) is 14.7 Å². The zero-order valence-electron chi connectivity index (χ0n) is 17.5. The maximum absolute atomic E-state index is 13.4. The number of benzene rings is 2. The molecule has 1 amide bonds. The number of aromatic nitrogens is 2. The van der Waals surface area contributed by atoms with Gasteiger partial charge in [-0.1, -0.05) is 30.3 Å². The van der Waals surface area contributed by atoms with Gasteiger partial charge in [0.25, 0.3) is 5.91 Å². The summed E-state index contributed by atoms with van der Waals surface area (Å²) in [5, 5.41) is 4.80. The monoisotopic (exact) mass is 405 g/mol. The van der Waals surface area contributed by atoms with Crippen LogP contribution in [0.25, 0.3) is 11.3 Å². The molecule has 2 heterocycles. The van der Waals surface area contributed by atoms with Crippen LogP contribution < -0.4 is 9.47 Å². The van der Waals surface area contributed by atoms with E-state index in [0.29, 0.717) is 29.3 Å². The lowest BCUT2D eigenvalue weighted by molar-refractivity contribution is 0.0725. The first-order valence-electron chi connectivity index (χ1n) is 10.3. The van der Waals surface area contributed by atoms with Crippen molar-refractivity contribution in [3.8, 4) is 22.8 Å². The third-order valence-corrected chi connectivity index (χ3v) is 5.48. The summed E-state index contributed by atoms with van der Waals surface area (Å²) in [5.41, 5.74) is 3.26. The van der Waals surface area contributed by atoms with E-state index in [4.69, 9.17) is 14.6 Å². The average Bonchev–Trinajstić information content (AvgIpc) is 3.23. The van der Waals surface area contributed by atoms with Crippen molar-refractivity contribution in [2.24, 2.45) is 0 Å². The van der Waals surface area contributed by atoms with Gasteiger partial charge in [-0.25, -0.2) is 0 Å². The number of piperidine rings is 1. The molecule has 1 aliphatic heterocycles. The van der Waals surface area contributed by atoms with Gasteiger partial charge in [0, 0.05) is 24.8 Å². The molecule has 0 aliphatic carbocycles. The molecular formula is C24H27N3O3. The Morgan fingerprint density at radius 2 is 1.70 bits per heavy atom. The Hall–Kier alpha value is -3.28. The summed E-state index contributed by atoms with van der Waals surface area (Å²) < 4.78 is 12.7. The predicted octanol–water partition coefficient (Wildman–Crippen LogP) is 4.24. The molecule has 4 rings (SSSR count). The number of methoxy groups -OCH3 is 2. The number of hydrogen-bond donors (Lipinski definition) is 0. The van der Waals surface area contributed by atoms with Gasteiger partial charge < -0.3 is 14.4 Å². The van der Waals surface area contributed by atoms with E-state index in [1.165, 1.54) is 6.42 Å². The van der Waals surface area contributed by atoms with Crippen molar-refractivity contribution in [3.05, 3.63) is 65.9 Å². The number of carbonyl (C=O) groups is 1. The minimum atomic E-state index is 0.0406. The van der Waals surface area contributed by atoms with Crippen molar-refractivity contribution in [1.29, 1.82) is 0 Å². The minimum Gasteiger partial charge on any atom is -0.493 e. The molecule has 0 N–H and O–H groups in total. The van der Waals surface area contributed by atoms with Crippen LogP contribution in [0.1, 0.15) is 35.2 Å². The Kier molecular flexibility index (Phi) is 6.02. The molecule has 6 nitrogen and oxygen atoms in total. The number of nitrogens with zero attached hydrogens (tertiary/aromatic N) is 3. The number of amides is 1.